The minimum absolute atomic E-state index is 0.212. The second kappa shape index (κ2) is 9.68. The van der Waals surface area contributed by atoms with E-state index in [4.69, 9.17) is 9.47 Å². The van der Waals surface area contributed by atoms with Crippen LogP contribution in [0.3, 0.4) is 0 Å². The van der Waals surface area contributed by atoms with E-state index in [2.05, 4.69) is 20.5 Å². The first-order valence-electron chi connectivity index (χ1n) is 11.0. The summed E-state index contributed by atoms with van der Waals surface area (Å²) in [6.07, 6.45) is 6.91. The van der Waals surface area contributed by atoms with Crippen LogP contribution in [0, 0.1) is 0 Å². The summed E-state index contributed by atoms with van der Waals surface area (Å²) in [7, 11) is 3.24. The van der Waals surface area contributed by atoms with Crippen molar-refractivity contribution in [2.75, 3.05) is 14.2 Å². The molecular weight excluding hydrogens is 444 g/mol. The van der Waals surface area contributed by atoms with Crippen LogP contribution in [0.5, 0.6) is 11.5 Å². The summed E-state index contributed by atoms with van der Waals surface area (Å²) in [4.78, 5) is 17.3. The molecule has 0 aliphatic carbocycles. The van der Waals surface area contributed by atoms with Crippen LogP contribution in [-0.2, 0) is 13.1 Å². The summed E-state index contributed by atoms with van der Waals surface area (Å²) in [6.45, 7) is 0.834. The van der Waals surface area contributed by atoms with E-state index in [0.29, 0.717) is 30.0 Å². The van der Waals surface area contributed by atoms with Crippen molar-refractivity contribution >= 4 is 16.9 Å². The highest BCUT2D eigenvalue weighted by Crippen LogP contribution is 2.26. The van der Waals surface area contributed by atoms with Crippen molar-refractivity contribution in [1.29, 1.82) is 0 Å². The predicted octanol–water partition coefficient (Wildman–Crippen LogP) is 3.61. The standard InChI is InChI=1S/C26H24N6O3/c1-34-23-9-8-19(24(11-23)35-2)17-32-25-20(15-30-32)10-21(14-27-25)26(33)28-12-18-13-29-31(16-18)22-6-4-3-5-7-22/h3-11,13-16H,12,17H2,1-2H3,(H,28,33). The highest BCUT2D eigenvalue weighted by atomic mass is 16.5. The normalized spacial score (nSPS) is 10.9. The molecule has 0 spiro atoms. The smallest absolute Gasteiger partial charge is 0.253 e. The molecule has 0 aliphatic rings. The average molecular weight is 469 g/mol. The van der Waals surface area contributed by atoms with Gasteiger partial charge in [0.1, 0.15) is 11.5 Å². The molecule has 9 nitrogen and oxygen atoms in total. The lowest BCUT2D eigenvalue weighted by Gasteiger charge is -2.11. The van der Waals surface area contributed by atoms with Crippen molar-refractivity contribution in [2.45, 2.75) is 13.1 Å². The van der Waals surface area contributed by atoms with Gasteiger partial charge in [0.05, 0.1) is 44.4 Å². The second-order valence-electron chi connectivity index (χ2n) is 7.93. The van der Waals surface area contributed by atoms with Crippen LogP contribution >= 0.6 is 0 Å². The number of amides is 1. The van der Waals surface area contributed by atoms with Gasteiger partial charge < -0.3 is 14.8 Å². The molecule has 0 atom stereocenters. The monoisotopic (exact) mass is 468 g/mol. The van der Waals surface area contributed by atoms with Crippen LogP contribution in [0.1, 0.15) is 21.5 Å². The number of rotatable bonds is 8. The number of fused-ring (bicyclic) bond motifs is 1. The summed E-state index contributed by atoms with van der Waals surface area (Å²) in [5.74, 6) is 1.22. The topological polar surface area (TPSA) is 96.1 Å². The fourth-order valence-corrected chi connectivity index (χ4v) is 3.81. The number of nitrogens with zero attached hydrogens (tertiary/aromatic N) is 5. The number of nitrogens with one attached hydrogen (secondary N) is 1. The van der Waals surface area contributed by atoms with E-state index < -0.39 is 0 Å². The summed E-state index contributed by atoms with van der Waals surface area (Å²) in [5, 5.41) is 12.5. The molecule has 1 amide bonds. The maximum atomic E-state index is 12.7. The zero-order valence-electron chi connectivity index (χ0n) is 19.4. The Hall–Kier alpha value is -4.66. The first kappa shape index (κ1) is 22.1. The van der Waals surface area contributed by atoms with Crippen LogP contribution in [-0.4, -0.2) is 44.7 Å². The molecule has 5 aromatic rings. The fraction of sp³-hybridized carbons (Fsp3) is 0.154. The van der Waals surface area contributed by atoms with Crippen LogP contribution in [0.4, 0.5) is 0 Å². The first-order valence-corrected chi connectivity index (χ1v) is 11.0. The van der Waals surface area contributed by atoms with Crippen LogP contribution in [0.15, 0.2) is 79.4 Å². The van der Waals surface area contributed by atoms with E-state index in [1.54, 1.807) is 48.2 Å². The molecule has 0 bridgehead atoms. The Kier molecular flexibility index (Phi) is 6.13. The lowest BCUT2D eigenvalue weighted by molar-refractivity contribution is 0.0950. The zero-order chi connectivity index (χ0) is 24.2. The van der Waals surface area contributed by atoms with Crippen molar-refractivity contribution < 1.29 is 14.3 Å². The summed E-state index contributed by atoms with van der Waals surface area (Å²) in [5.41, 5.74) is 3.96. The number of benzene rings is 2. The molecular formula is C26H24N6O3. The van der Waals surface area contributed by atoms with E-state index in [1.807, 2.05) is 54.7 Å². The van der Waals surface area contributed by atoms with Crippen LogP contribution in [0.25, 0.3) is 16.7 Å². The molecule has 3 aromatic heterocycles. The minimum Gasteiger partial charge on any atom is -0.497 e. The van der Waals surface area contributed by atoms with Crippen molar-refractivity contribution in [3.63, 3.8) is 0 Å². The predicted molar refractivity (Wildman–Crippen MR) is 131 cm³/mol. The SMILES string of the molecule is COc1ccc(Cn2ncc3cc(C(=O)NCc4cnn(-c5ccccc5)c4)cnc32)c(OC)c1. The maximum Gasteiger partial charge on any atom is 0.253 e. The Morgan fingerprint density at radius 1 is 0.971 bits per heavy atom. The fourth-order valence-electron chi connectivity index (χ4n) is 3.81. The van der Waals surface area contributed by atoms with E-state index in [1.165, 1.54) is 0 Å². The van der Waals surface area contributed by atoms with Crippen molar-refractivity contribution in [1.82, 2.24) is 29.9 Å². The summed E-state index contributed by atoms with van der Waals surface area (Å²) in [6, 6.07) is 17.3. The Labute approximate surface area is 201 Å². The molecule has 35 heavy (non-hydrogen) atoms. The zero-order valence-corrected chi connectivity index (χ0v) is 19.4. The molecule has 0 aliphatic heterocycles. The molecule has 0 radical (unpaired) electrons. The first-order chi connectivity index (χ1) is 17.1. The molecule has 5 rings (SSSR count). The average Bonchev–Trinajstić information content (AvgIpc) is 3.55. The number of methoxy groups -OCH3 is 2. The van der Waals surface area contributed by atoms with Gasteiger partial charge >= 0.3 is 0 Å². The van der Waals surface area contributed by atoms with Crippen molar-refractivity contribution in [3.8, 4) is 17.2 Å². The number of carbonyl (C=O) groups excluding carboxylic acids is 1. The minimum atomic E-state index is -0.212. The van der Waals surface area contributed by atoms with Gasteiger partial charge in [-0.3, -0.25) is 4.79 Å². The molecule has 0 saturated carbocycles. The number of ether oxygens (including phenoxy) is 2. The van der Waals surface area contributed by atoms with Gasteiger partial charge in [0, 0.05) is 41.5 Å². The maximum absolute atomic E-state index is 12.7. The van der Waals surface area contributed by atoms with Gasteiger partial charge in [-0.15, -0.1) is 0 Å². The summed E-state index contributed by atoms with van der Waals surface area (Å²) < 4.78 is 14.3. The molecule has 1 N–H and O–H groups in total. The van der Waals surface area contributed by atoms with Gasteiger partial charge in [-0.05, 0) is 30.3 Å². The lowest BCUT2D eigenvalue weighted by atomic mass is 10.2. The largest absolute Gasteiger partial charge is 0.497 e. The Bertz CT molecular complexity index is 1480. The Morgan fingerprint density at radius 2 is 1.83 bits per heavy atom. The molecule has 0 saturated heterocycles. The number of aromatic nitrogens is 5. The molecule has 2 aromatic carbocycles. The number of hydrogen-bond acceptors (Lipinski definition) is 6. The highest BCUT2D eigenvalue weighted by molar-refractivity contribution is 5.96. The molecule has 176 valence electrons. The van der Waals surface area contributed by atoms with Gasteiger partial charge in [-0.1, -0.05) is 18.2 Å². The summed E-state index contributed by atoms with van der Waals surface area (Å²) >= 11 is 0. The van der Waals surface area contributed by atoms with E-state index in [9.17, 15) is 4.79 Å². The van der Waals surface area contributed by atoms with Gasteiger partial charge in [0.25, 0.3) is 5.91 Å². The molecule has 0 fully saturated rings. The van der Waals surface area contributed by atoms with E-state index in [0.717, 1.165) is 28.0 Å². The third-order valence-corrected chi connectivity index (χ3v) is 5.66. The third-order valence-electron chi connectivity index (χ3n) is 5.66. The molecule has 3 heterocycles. The Morgan fingerprint density at radius 3 is 2.63 bits per heavy atom. The number of para-hydroxylation sites is 1. The van der Waals surface area contributed by atoms with E-state index >= 15 is 0 Å². The number of hydrogen-bond donors (Lipinski definition) is 1. The van der Waals surface area contributed by atoms with Gasteiger partial charge in [0.2, 0.25) is 0 Å². The lowest BCUT2D eigenvalue weighted by Crippen LogP contribution is -2.22. The van der Waals surface area contributed by atoms with Crippen LogP contribution < -0.4 is 14.8 Å². The highest BCUT2D eigenvalue weighted by Gasteiger charge is 2.13. The van der Waals surface area contributed by atoms with E-state index in [-0.39, 0.29) is 5.91 Å². The molecule has 9 heteroatoms. The Balaban J connectivity index is 1.27. The van der Waals surface area contributed by atoms with Crippen molar-refractivity contribution in [3.05, 3.63) is 96.1 Å². The molecule has 0 unspecified atom stereocenters. The van der Waals surface area contributed by atoms with Crippen molar-refractivity contribution in [2.24, 2.45) is 0 Å². The number of pyridine rings is 1. The van der Waals surface area contributed by atoms with Gasteiger partial charge in [-0.25, -0.2) is 14.3 Å². The van der Waals surface area contributed by atoms with Gasteiger partial charge in [0.15, 0.2) is 5.65 Å². The quantitative estimate of drug-likeness (QED) is 0.374. The second-order valence-corrected chi connectivity index (χ2v) is 7.93. The number of carbonyl (C=O) groups is 1. The van der Waals surface area contributed by atoms with Gasteiger partial charge in [-0.2, -0.15) is 10.2 Å². The van der Waals surface area contributed by atoms with Crippen LogP contribution in [0.2, 0.25) is 0 Å². The third kappa shape index (κ3) is 4.70.